The van der Waals surface area contributed by atoms with E-state index < -0.39 is 10.2 Å². The van der Waals surface area contributed by atoms with Crippen LogP contribution in [0.1, 0.15) is 32.4 Å². The molecule has 0 saturated carbocycles. The van der Waals surface area contributed by atoms with Gasteiger partial charge in [0.15, 0.2) is 0 Å². The Morgan fingerprint density at radius 1 is 1.08 bits per heavy atom. The number of ether oxygens (including phenoxy) is 1. The largest absolute Gasteiger partial charge is 0.373 e. The molecule has 3 rings (SSSR count). The monoisotopic (exact) mass is 348 g/mol. The SMILES string of the molecule is C[C@@H]1CN(S(=O)(=O)N[C@@H](C)c2ccc3ccccc3c2)C[C@@H](C)O1. The highest BCUT2D eigenvalue weighted by Gasteiger charge is 2.31. The van der Waals surface area contributed by atoms with Crippen molar-refractivity contribution in [2.45, 2.75) is 39.0 Å². The van der Waals surface area contributed by atoms with Gasteiger partial charge in [0.2, 0.25) is 0 Å². The molecular formula is C18H24N2O3S. The van der Waals surface area contributed by atoms with E-state index in [1.807, 2.05) is 63.2 Å². The molecule has 130 valence electrons. The van der Waals surface area contributed by atoms with Gasteiger partial charge in [-0.1, -0.05) is 36.4 Å². The van der Waals surface area contributed by atoms with Gasteiger partial charge in [0, 0.05) is 19.1 Å². The predicted octanol–water partition coefficient (Wildman–Crippen LogP) is 2.84. The van der Waals surface area contributed by atoms with E-state index in [0.29, 0.717) is 13.1 Å². The van der Waals surface area contributed by atoms with E-state index >= 15 is 0 Å². The maximum atomic E-state index is 12.7. The van der Waals surface area contributed by atoms with E-state index in [4.69, 9.17) is 4.74 Å². The maximum Gasteiger partial charge on any atom is 0.280 e. The highest BCUT2D eigenvalue weighted by Crippen LogP contribution is 2.22. The molecule has 0 radical (unpaired) electrons. The van der Waals surface area contributed by atoms with Crippen LogP contribution in [-0.4, -0.2) is 38.0 Å². The van der Waals surface area contributed by atoms with E-state index in [2.05, 4.69) is 4.72 Å². The molecule has 1 heterocycles. The molecule has 1 aliphatic heterocycles. The maximum absolute atomic E-state index is 12.7. The first-order chi connectivity index (χ1) is 11.3. The van der Waals surface area contributed by atoms with Crippen LogP contribution < -0.4 is 4.72 Å². The van der Waals surface area contributed by atoms with E-state index in [1.54, 1.807) is 0 Å². The number of rotatable bonds is 4. The van der Waals surface area contributed by atoms with Crippen LogP contribution >= 0.6 is 0 Å². The first kappa shape index (κ1) is 17.4. The summed E-state index contributed by atoms with van der Waals surface area (Å²) in [4.78, 5) is 0. The van der Waals surface area contributed by atoms with Crippen molar-refractivity contribution in [3.05, 3.63) is 48.0 Å². The molecule has 3 atom stereocenters. The van der Waals surface area contributed by atoms with Crippen LogP contribution in [0.4, 0.5) is 0 Å². The Hall–Kier alpha value is -1.47. The number of morpholine rings is 1. The Morgan fingerprint density at radius 2 is 1.71 bits per heavy atom. The molecule has 0 spiro atoms. The Labute approximate surface area is 143 Å². The molecule has 1 aliphatic rings. The second-order valence-electron chi connectivity index (χ2n) is 6.53. The molecule has 2 aromatic carbocycles. The average Bonchev–Trinajstić information content (AvgIpc) is 2.53. The van der Waals surface area contributed by atoms with Gasteiger partial charge in [-0.15, -0.1) is 0 Å². The minimum Gasteiger partial charge on any atom is -0.373 e. The molecule has 1 N–H and O–H groups in total. The van der Waals surface area contributed by atoms with Gasteiger partial charge >= 0.3 is 0 Å². The molecular weight excluding hydrogens is 324 g/mol. The molecule has 0 unspecified atom stereocenters. The van der Waals surface area contributed by atoms with Gasteiger partial charge in [-0.05, 0) is 43.2 Å². The van der Waals surface area contributed by atoms with Crippen molar-refractivity contribution in [1.29, 1.82) is 0 Å². The van der Waals surface area contributed by atoms with E-state index in [0.717, 1.165) is 16.3 Å². The summed E-state index contributed by atoms with van der Waals surface area (Å²) in [6.07, 6.45) is -0.192. The topological polar surface area (TPSA) is 58.6 Å². The molecule has 24 heavy (non-hydrogen) atoms. The van der Waals surface area contributed by atoms with Gasteiger partial charge in [0.1, 0.15) is 0 Å². The lowest BCUT2D eigenvalue weighted by Gasteiger charge is -2.35. The smallest absolute Gasteiger partial charge is 0.280 e. The van der Waals surface area contributed by atoms with Crippen LogP contribution in [0.2, 0.25) is 0 Å². The molecule has 1 fully saturated rings. The van der Waals surface area contributed by atoms with Gasteiger partial charge in [-0.3, -0.25) is 0 Å². The summed E-state index contributed by atoms with van der Waals surface area (Å²) in [6, 6.07) is 13.8. The lowest BCUT2D eigenvalue weighted by atomic mass is 10.0. The lowest BCUT2D eigenvalue weighted by molar-refractivity contribution is -0.0444. The Kier molecular flexibility index (Phi) is 4.92. The highest BCUT2D eigenvalue weighted by molar-refractivity contribution is 7.87. The third-order valence-electron chi connectivity index (χ3n) is 4.33. The van der Waals surface area contributed by atoms with Crippen LogP contribution in [0.3, 0.4) is 0 Å². The Bertz CT molecular complexity index is 812. The Morgan fingerprint density at radius 3 is 2.38 bits per heavy atom. The van der Waals surface area contributed by atoms with Crippen LogP contribution in [0.15, 0.2) is 42.5 Å². The molecule has 6 heteroatoms. The van der Waals surface area contributed by atoms with Crippen molar-refractivity contribution in [3.8, 4) is 0 Å². The number of fused-ring (bicyclic) bond motifs is 1. The number of hydrogen-bond acceptors (Lipinski definition) is 3. The fourth-order valence-electron chi connectivity index (χ4n) is 3.17. The molecule has 0 bridgehead atoms. The molecule has 0 aliphatic carbocycles. The Balaban J connectivity index is 1.78. The van der Waals surface area contributed by atoms with Crippen molar-refractivity contribution in [2.24, 2.45) is 0 Å². The normalized spacial score (nSPS) is 24.1. The quantitative estimate of drug-likeness (QED) is 0.924. The third-order valence-corrected chi connectivity index (χ3v) is 5.95. The number of benzene rings is 2. The second kappa shape index (κ2) is 6.80. The van der Waals surface area contributed by atoms with Crippen LogP contribution in [-0.2, 0) is 14.9 Å². The highest BCUT2D eigenvalue weighted by atomic mass is 32.2. The van der Waals surface area contributed by atoms with Crippen LogP contribution in [0, 0.1) is 0 Å². The molecule has 0 aromatic heterocycles. The number of nitrogens with zero attached hydrogens (tertiary/aromatic N) is 1. The van der Waals surface area contributed by atoms with Crippen molar-refractivity contribution in [2.75, 3.05) is 13.1 Å². The number of hydrogen-bond donors (Lipinski definition) is 1. The summed E-state index contributed by atoms with van der Waals surface area (Å²) in [6.45, 7) is 6.42. The molecule has 5 nitrogen and oxygen atoms in total. The zero-order valence-electron chi connectivity index (χ0n) is 14.3. The molecule has 2 aromatic rings. The summed E-state index contributed by atoms with van der Waals surface area (Å²) >= 11 is 0. The van der Waals surface area contributed by atoms with Gasteiger partial charge in [0.25, 0.3) is 10.2 Å². The second-order valence-corrected chi connectivity index (χ2v) is 8.23. The summed E-state index contributed by atoms with van der Waals surface area (Å²) in [5.74, 6) is 0. The van der Waals surface area contributed by atoms with Gasteiger partial charge in [-0.25, -0.2) is 0 Å². The summed E-state index contributed by atoms with van der Waals surface area (Å²) in [5, 5.41) is 2.25. The first-order valence-electron chi connectivity index (χ1n) is 8.27. The fraction of sp³-hybridized carbons (Fsp3) is 0.444. The minimum absolute atomic E-state index is 0.0960. The summed E-state index contributed by atoms with van der Waals surface area (Å²) in [7, 11) is -3.55. The number of nitrogens with one attached hydrogen (secondary N) is 1. The van der Waals surface area contributed by atoms with Crippen molar-refractivity contribution in [1.82, 2.24) is 9.03 Å². The van der Waals surface area contributed by atoms with Crippen molar-refractivity contribution < 1.29 is 13.2 Å². The first-order valence-corrected chi connectivity index (χ1v) is 9.71. The van der Waals surface area contributed by atoms with Crippen molar-refractivity contribution >= 4 is 21.0 Å². The van der Waals surface area contributed by atoms with Gasteiger partial charge < -0.3 is 4.74 Å². The zero-order valence-corrected chi connectivity index (χ0v) is 15.1. The van der Waals surface area contributed by atoms with E-state index in [9.17, 15) is 8.42 Å². The van der Waals surface area contributed by atoms with Crippen LogP contribution in [0.5, 0.6) is 0 Å². The summed E-state index contributed by atoms with van der Waals surface area (Å²) in [5.41, 5.74) is 0.951. The van der Waals surface area contributed by atoms with E-state index in [1.165, 1.54) is 4.31 Å². The lowest BCUT2D eigenvalue weighted by Crippen LogP contribution is -2.52. The molecule has 1 saturated heterocycles. The average molecular weight is 348 g/mol. The van der Waals surface area contributed by atoms with Gasteiger partial charge in [0.05, 0.1) is 12.2 Å². The predicted molar refractivity (Wildman–Crippen MR) is 96.0 cm³/mol. The summed E-state index contributed by atoms with van der Waals surface area (Å²) < 4.78 is 35.2. The van der Waals surface area contributed by atoms with Gasteiger partial charge in [-0.2, -0.15) is 17.4 Å². The van der Waals surface area contributed by atoms with Crippen molar-refractivity contribution in [3.63, 3.8) is 0 Å². The standard InChI is InChI=1S/C18H24N2O3S/c1-13-11-20(12-14(2)23-13)24(21,22)19-15(3)17-9-8-16-6-4-5-7-18(16)10-17/h4-10,13-15,19H,11-12H2,1-3H3/t13-,14-,15+/m1/s1. The van der Waals surface area contributed by atoms with E-state index in [-0.39, 0.29) is 18.2 Å². The molecule has 0 amide bonds. The van der Waals surface area contributed by atoms with Crippen LogP contribution in [0.25, 0.3) is 10.8 Å². The minimum atomic E-state index is -3.55. The third kappa shape index (κ3) is 3.78. The fourth-order valence-corrected chi connectivity index (χ4v) is 4.71. The zero-order chi connectivity index (χ0) is 17.3.